The summed E-state index contributed by atoms with van der Waals surface area (Å²) in [5, 5.41) is 2.97. The Morgan fingerprint density at radius 3 is 2.36 bits per heavy atom. The first-order valence-electron chi connectivity index (χ1n) is 6.67. The molecule has 1 aromatic heterocycles. The molecule has 0 radical (unpaired) electrons. The summed E-state index contributed by atoms with van der Waals surface area (Å²) in [6.07, 6.45) is -3.84. The van der Waals surface area contributed by atoms with Gasteiger partial charge in [0.2, 0.25) is 5.88 Å². The van der Waals surface area contributed by atoms with Crippen LogP contribution in [0.15, 0.2) is 24.4 Å². The molecule has 25 heavy (non-hydrogen) atoms. The number of carbonyl (C=O) groups is 1. The van der Waals surface area contributed by atoms with Crippen LogP contribution < -0.4 is 10.1 Å². The second kappa shape index (κ2) is 7.68. The maximum Gasteiger partial charge on any atom is 0.417 e. The van der Waals surface area contributed by atoms with Gasteiger partial charge in [-0.05, 0) is 18.2 Å². The van der Waals surface area contributed by atoms with Gasteiger partial charge in [0.25, 0.3) is 5.91 Å². The predicted octanol–water partition coefficient (Wildman–Crippen LogP) is 5.00. The molecule has 1 amide bonds. The number of alkyl halides is 3. The predicted molar refractivity (Wildman–Crippen MR) is 88.4 cm³/mol. The number of ether oxygens (including phenoxy) is 1. The van der Waals surface area contributed by atoms with Crippen molar-refractivity contribution in [1.82, 2.24) is 10.3 Å². The molecule has 0 bridgehead atoms. The summed E-state index contributed by atoms with van der Waals surface area (Å²) in [7, 11) is 1.12. The Bertz CT molecular complexity index is 790. The lowest BCUT2D eigenvalue weighted by Crippen LogP contribution is -2.27. The number of nitrogens with zero attached hydrogens (tertiary/aromatic N) is 1. The molecule has 0 saturated carbocycles. The number of halogens is 6. The topological polar surface area (TPSA) is 51.2 Å². The summed E-state index contributed by atoms with van der Waals surface area (Å²) in [6, 6.07) is 3.50. The molecule has 0 spiro atoms. The Morgan fingerprint density at radius 1 is 1.24 bits per heavy atom. The minimum atomic E-state index is -4.75. The van der Waals surface area contributed by atoms with Gasteiger partial charge in [-0.2, -0.15) is 13.2 Å². The van der Waals surface area contributed by atoms with Gasteiger partial charge in [-0.15, -0.1) is 0 Å². The monoisotopic (exact) mass is 412 g/mol. The van der Waals surface area contributed by atoms with Gasteiger partial charge in [0.05, 0.1) is 12.7 Å². The van der Waals surface area contributed by atoms with Crippen LogP contribution >= 0.6 is 34.8 Å². The van der Waals surface area contributed by atoms with Gasteiger partial charge in [0, 0.05) is 33.4 Å². The smallest absolute Gasteiger partial charge is 0.417 e. The van der Waals surface area contributed by atoms with Crippen LogP contribution in [-0.2, 0) is 12.7 Å². The first kappa shape index (κ1) is 19.6. The Hall–Kier alpha value is -1.70. The van der Waals surface area contributed by atoms with Crippen molar-refractivity contribution >= 4 is 40.7 Å². The van der Waals surface area contributed by atoms with E-state index in [0.29, 0.717) is 16.7 Å². The van der Waals surface area contributed by atoms with Crippen molar-refractivity contribution in [2.24, 2.45) is 0 Å². The number of pyridine rings is 1. The van der Waals surface area contributed by atoms with Crippen LogP contribution in [0.5, 0.6) is 5.88 Å². The van der Waals surface area contributed by atoms with Crippen molar-refractivity contribution < 1.29 is 22.7 Å². The minimum Gasteiger partial charge on any atom is -0.480 e. The van der Waals surface area contributed by atoms with Crippen LogP contribution in [0, 0.1) is 0 Å². The third-order valence-corrected chi connectivity index (χ3v) is 4.07. The first-order chi connectivity index (χ1) is 11.6. The third kappa shape index (κ3) is 4.48. The van der Waals surface area contributed by atoms with E-state index in [1.807, 2.05) is 0 Å². The largest absolute Gasteiger partial charge is 0.480 e. The van der Waals surface area contributed by atoms with Crippen LogP contribution in [0.1, 0.15) is 21.5 Å². The zero-order chi connectivity index (χ0) is 18.8. The van der Waals surface area contributed by atoms with E-state index in [2.05, 4.69) is 10.3 Å². The van der Waals surface area contributed by atoms with Crippen molar-refractivity contribution in [3.05, 3.63) is 56.2 Å². The van der Waals surface area contributed by atoms with Crippen LogP contribution in [0.3, 0.4) is 0 Å². The molecule has 0 aliphatic heterocycles. The fourth-order valence-corrected chi connectivity index (χ4v) is 3.00. The number of hydrogen-bond acceptors (Lipinski definition) is 3. The molecule has 2 aromatic rings. The lowest BCUT2D eigenvalue weighted by Gasteiger charge is -2.15. The Labute approximate surface area is 155 Å². The lowest BCUT2D eigenvalue weighted by atomic mass is 10.1. The quantitative estimate of drug-likeness (QED) is 0.767. The Morgan fingerprint density at radius 2 is 1.84 bits per heavy atom. The number of rotatable bonds is 4. The minimum absolute atomic E-state index is 0.173. The lowest BCUT2D eigenvalue weighted by molar-refractivity contribution is -0.138. The summed E-state index contributed by atoms with van der Waals surface area (Å²) >= 11 is 17.8. The molecular formula is C15H10Cl3F3N2O2. The average molecular weight is 414 g/mol. The number of benzene rings is 1. The third-order valence-electron chi connectivity index (χ3n) is 3.17. The highest BCUT2D eigenvalue weighted by Crippen LogP contribution is 2.35. The number of hydrogen-bond donors (Lipinski definition) is 1. The second-order valence-corrected chi connectivity index (χ2v) is 6.02. The van der Waals surface area contributed by atoms with E-state index in [-0.39, 0.29) is 16.6 Å². The number of nitrogens with one attached hydrogen (secondary N) is 1. The van der Waals surface area contributed by atoms with Gasteiger partial charge >= 0.3 is 6.18 Å². The highest BCUT2D eigenvalue weighted by Gasteiger charge is 2.37. The number of aromatic nitrogens is 1. The fraction of sp³-hybridized carbons (Fsp3) is 0.200. The molecule has 1 aromatic carbocycles. The summed E-state index contributed by atoms with van der Waals surface area (Å²) in [5.41, 5.74) is -1.57. The average Bonchev–Trinajstić information content (AvgIpc) is 2.51. The zero-order valence-electron chi connectivity index (χ0n) is 12.5. The molecule has 0 fully saturated rings. The van der Waals surface area contributed by atoms with Crippen molar-refractivity contribution in [2.75, 3.05) is 7.11 Å². The zero-order valence-corrected chi connectivity index (χ0v) is 14.8. The summed E-state index contributed by atoms with van der Waals surface area (Å²) in [6.45, 7) is -0.205. The molecule has 1 heterocycles. The molecule has 0 aliphatic rings. The van der Waals surface area contributed by atoms with Gasteiger partial charge in [-0.1, -0.05) is 34.8 Å². The van der Waals surface area contributed by atoms with Crippen molar-refractivity contribution in [1.29, 1.82) is 0 Å². The molecule has 134 valence electrons. The maximum atomic E-state index is 13.1. The van der Waals surface area contributed by atoms with E-state index in [9.17, 15) is 18.0 Å². The molecule has 1 N–H and O–H groups in total. The highest BCUT2D eigenvalue weighted by atomic mass is 35.5. The van der Waals surface area contributed by atoms with Gasteiger partial charge in [-0.3, -0.25) is 4.79 Å². The standard InChI is InChI=1S/C15H10Cl3F3N2O2/c1-25-14-12(9(2-3-22-14)15(19,20)21)13(24)23-6-8-10(17)4-7(16)5-11(8)18/h2-5H,6H2,1H3,(H,23,24). The second-order valence-electron chi connectivity index (χ2n) is 4.77. The number of carbonyl (C=O) groups excluding carboxylic acids is 1. The SMILES string of the molecule is COc1nccc(C(F)(F)F)c1C(=O)NCc1c(Cl)cc(Cl)cc1Cl. The summed E-state index contributed by atoms with van der Waals surface area (Å²) in [5.74, 6) is -1.47. The number of methoxy groups -OCH3 is 1. The first-order valence-corrected chi connectivity index (χ1v) is 7.80. The molecule has 0 saturated heterocycles. The molecule has 0 unspecified atom stereocenters. The van der Waals surface area contributed by atoms with Gasteiger partial charge < -0.3 is 10.1 Å². The summed E-state index contributed by atoms with van der Waals surface area (Å²) in [4.78, 5) is 16.0. The van der Waals surface area contributed by atoms with Crippen LogP contribution in [0.4, 0.5) is 13.2 Å². The van der Waals surface area contributed by atoms with Crippen molar-refractivity contribution in [3.8, 4) is 5.88 Å². The normalized spacial score (nSPS) is 11.3. The van der Waals surface area contributed by atoms with Gasteiger partial charge in [0.1, 0.15) is 5.56 Å². The van der Waals surface area contributed by atoms with Crippen molar-refractivity contribution in [3.63, 3.8) is 0 Å². The van der Waals surface area contributed by atoms with E-state index in [0.717, 1.165) is 13.3 Å². The molecule has 0 aliphatic carbocycles. The van der Waals surface area contributed by atoms with Crippen LogP contribution in [-0.4, -0.2) is 18.0 Å². The summed E-state index contributed by atoms with van der Waals surface area (Å²) < 4.78 is 44.2. The molecule has 2 rings (SSSR count). The van der Waals surface area contributed by atoms with Crippen LogP contribution in [0.25, 0.3) is 0 Å². The molecular weight excluding hydrogens is 404 g/mol. The molecule has 4 nitrogen and oxygen atoms in total. The van der Waals surface area contributed by atoms with Gasteiger partial charge in [0.15, 0.2) is 0 Å². The maximum absolute atomic E-state index is 13.1. The van der Waals surface area contributed by atoms with E-state index < -0.39 is 29.1 Å². The highest BCUT2D eigenvalue weighted by molar-refractivity contribution is 6.39. The van der Waals surface area contributed by atoms with Crippen LogP contribution in [0.2, 0.25) is 15.1 Å². The molecule has 10 heteroatoms. The molecule has 0 atom stereocenters. The van der Waals surface area contributed by atoms with Gasteiger partial charge in [-0.25, -0.2) is 4.98 Å². The van der Waals surface area contributed by atoms with E-state index >= 15 is 0 Å². The number of amides is 1. The van der Waals surface area contributed by atoms with E-state index in [1.54, 1.807) is 0 Å². The van der Waals surface area contributed by atoms with E-state index in [1.165, 1.54) is 12.1 Å². The van der Waals surface area contributed by atoms with Crippen molar-refractivity contribution in [2.45, 2.75) is 12.7 Å². The van der Waals surface area contributed by atoms with E-state index in [4.69, 9.17) is 39.5 Å². The fourth-order valence-electron chi connectivity index (χ4n) is 2.05. The Kier molecular flexibility index (Phi) is 6.03. The Balaban J connectivity index is 2.34.